The number of anilines is 2. The van der Waals surface area contributed by atoms with Crippen LogP contribution in [0, 0.1) is 22.7 Å². The first-order chi connectivity index (χ1) is 17.0. The van der Waals surface area contributed by atoms with Crippen LogP contribution in [0.3, 0.4) is 0 Å². The van der Waals surface area contributed by atoms with E-state index < -0.39 is 28.7 Å². The number of nitrogens with zero attached hydrogens (tertiary/aromatic N) is 4. The SMILES string of the molecule is CC#N.N#Cc1ccc(N2C(=O)C3(CCC3)N(c3ccc(OCCBr)c(Cl)c3)C2=S)cc1C(F)(F)F. The second kappa shape index (κ2) is 11.0. The lowest BCUT2D eigenvalue weighted by atomic mass is 9.75. The quantitative estimate of drug-likeness (QED) is 0.285. The molecule has 6 nitrogen and oxygen atoms in total. The Labute approximate surface area is 224 Å². The molecule has 4 rings (SSSR count). The Kier molecular flexibility index (Phi) is 8.50. The van der Waals surface area contributed by atoms with Crippen LogP contribution < -0.4 is 14.5 Å². The van der Waals surface area contributed by atoms with E-state index in [9.17, 15) is 18.0 Å². The van der Waals surface area contributed by atoms with Gasteiger partial charge in [-0.15, -0.1) is 0 Å². The van der Waals surface area contributed by atoms with Gasteiger partial charge in [-0.2, -0.15) is 23.7 Å². The molecule has 1 aliphatic carbocycles. The molecule has 0 bridgehead atoms. The zero-order chi connectivity index (χ0) is 26.7. The van der Waals surface area contributed by atoms with Crippen LogP contribution in [-0.2, 0) is 11.0 Å². The van der Waals surface area contributed by atoms with E-state index in [-0.39, 0.29) is 10.8 Å². The predicted octanol–water partition coefficient (Wildman–Crippen LogP) is 6.59. The van der Waals surface area contributed by atoms with Crippen molar-refractivity contribution in [3.63, 3.8) is 0 Å². The zero-order valence-electron chi connectivity index (χ0n) is 18.9. The number of halogens is 5. The van der Waals surface area contributed by atoms with E-state index in [1.807, 2.05) is 0 Å². The summed E-state index contributed by atoms with van der Waals surface area (Å²) in [4.78, 5) is 16.3. The summed E-state index contributed by atoms with van der Waals surface area (Å²) in [5.74, 6) is 0.0741. The van der Waals surface area contributed by atoms with Gasteiger partial charge in [-0.25, -0.2) is 0 Å². The topological polar surface area (TPSA) is 80.4 Å². The average Bonchev–Trinajstić information content (AvgIpc) is 3.04. The van der Waals surface area contributed by atoms with Crippen molar-refractivity contribution >= 4 is 62.1 Å². The highest BCUT2D eigenvalue weighted by atomic mass is 79.9. The summed E-state index contributed by atoms with van der Waals surface area (Å²) < 4.78 is 46.1. The molecule has 12 heteroatoms. The van der Waals surface area contributed by atoms with Crippen LogP contribution in [0.2, 0.25) is 5.02 Å². The molecule has 1 aliphatic heterocycles. The van der Waals surface area contributed by atoms with Crippen molar-refractivity contribution < 1.29 is 22.7 Å². The number of rotatable bonds is 5. The van der Waals surface area contributed by atoms with Crippen LogP contribution in [0.25, 0.3) is 0 Å². The number of carbonyl (C=O) groups excluding carboxylic acids is 1. The van der Waals surface area contributed by atoms with E-state index >= 15 is 0 Å². The molecule has 1 amide bonds. The highest BCUT2D eigenvalue weighted by Crippen LogP contribution is 2.49. The van der Waals surface area contributed by atoms with E-state index in [1.54, 1.807) is 35.2 Å². The Balaban J connectivity index is 0.00000115. The molecule has 0 aromatic heterocycles. The van der Waals surface area contributed by atoms with Gasteiger partial charge in [0.1, 0.15) is 11.3 Å². The van der Waals surface area contributed by atoms with Gasteiger partial charge in [0.25, 0.3) is 5.91 Å². The van der Waals surface area contributed by atoms with Crippen molar-refractivity contribution in [2.75, 3.05) is 21.7 Å². The molecule has 2 aliphatic rings. The third-order valence-corrected chi connectivity index (χ3v) is 6.77. The maximum Gasteiger partial charge on any atom is 0.417 e. The Morgan fingerprint density at radius 3 is 2.33 bits per heavy atom. The Bertz CT molecular complexity index is 1270. The molecule has 36 heavy (non-hydrogen) atoms. The van der Waals surface area contributed by atoms with Crippen molar-refractivity contribution in [3.05, 3.63) is 52.5 Å². The summed E-state index contributed by atoms with van der Waals surface area (Å²) in [6.07, 6.45) is -2.97. The van der Waals surface area contributed by atoms with Crippen LogP contribution in [0.15, 0.2) is 36.4 Å². The Hall–Kier alpha value is -2.86. The van der Waals surface area contributed by atoms with Crippen molar-refractivity contribution in [1.29, 1.82) is 10.5 Å². The molecule has 188 valence electrons. The molecule has 0 radical (unpaired) electrons. The van der Waals surface area contributed by atoms with E-state index in [0.29, 0.717) is 41.2 Å². The monoisotopic (exact) mass is 598 g/mol. The number of benzene rings is 2. The summed E-state index contributed by atoms with van der Waals surface area (Å²) in [7, 11) is 0. The normalized spacial score (nSPS) is 16.1. The lowest BCUT2D eigenvalue weighted by Crippen LogP contribution is -2.55. The van der Waals surface area contributed by atoms with Crippen molar-refractivity contribution in [2.45, 2.75) is 37.9 Å². The standard InChI is InChI=1S/C22H16BrClF3N3O2S.C2H3N/c23-8-9-32-18-5-4-15(11-17(18)24)30-20(33)29(19(31)21(30)6-1-7-21)14-3-2-13(12-28)16(10-14)22(25,26)27;1-2-3/h2-5,10-11H,1,6-9H2;1H3. The van der Waals surface area contributed by atoms with Gasteiger partial charge < -0.3 is 9.64 Å². The van der Waals surface area contributed by atoms with Crippen molar-refractivity contribution in [1.82, 2.24) is 0 Å². The van der Waals surface area contributed by atoms with Gasteiger partial charge in [0.2, 0.25) is 0 Å². The maximum absolute atomic E-state index is 13.5. The lowest BCUT2D eigenvalue weighted by Gasteiger charge is -2.43. The van der Waals surface area contributed by atoms with E-state index in [0.717, 1.165) is 23.5 Å². The smallest absolute Gasteiger partial charge is 0.417 e. The number of ether oxygens (including phenoxy) is 1. The summed E-state index contributed by atoms with van der Waals surface area (Å²) in [5, 5.41) is 17.4. The number of amides is 1. The fraction of sp³-hybridized carbons (Fsp3) is 0.333. The van der Waals surface area contributed by atoms with Crippen LogP contribution in [0.5, 0.6) is 5.75 Å². The van der Waals surface area contributed by atoms with E-state index in [2.05, 4.69) is 15.9 Å². The minimum Gasteiger partial charge on any atom is -0.491 e. The lowest BCUT2D eigenvalue weighted by molar-refractivity contribution is -0.137. The molecule has 0 N–H and O–H groups in total. The molecule has 2 aromatic rings. The molecule has 2 aromatic carbocycles. The van der Waals surface area contributed by atoms with Crippen molar-refractivity contribution in [2.24, 2.45) is 0 Å². The number of thiocarbonyl (C=S) groups is 1. The van der Waals surface area contributed by atoms with Gasteiger partial charge in [-0.3, -0.25) is 9.69 Å². The van der Waals surface area contributed by atoms with Gasteiger partial charge in [-0.1, -0.05) is 27.5 Å². The molecule has 1 saturated carbocycles. The first-order valence-electron chi connectivity index (χ1n) is 10.6. The van der Waals surface area contributed by atoms with Gasteiger partial charge in [0.15, 0.2) is 5.11 Å². The second-order valence-corrected chi connectivity index (χ2v) is 9.42. The van der Waals surface area contributed by atoms with Gasteiger partial charge in [0, 0.05) is 17.9 Å². The van der Waals surface area contributed by atoms with Crippen molar-refractivity contribution in [3.8, 4) is 17.9 Å². The van der Waals surface area contributed by atoms with Crippen LogP contribution in [-0.4, -0.2) is 28.5 Å². The van der Waals surface area contributed by atoms with Crippen LogP contribution in [0.1, 0.15) is 37.3 Å². The number of alkyl halides is 4. The van der Waals surface area contributed by atoms with E-state index in [4.69, 9.17) is 39.1 Å². The van der Waals surface area contributed by atoms with Crippen LogP contribution >= 0.6 is 39.7 Å². The third kappa shape index (κ3) is 5.01. The molecule has 1 spiro atoms. The molecule has 0 unspecified atom stereocenters. The molecule has 2 fully saturated rings. The molecular weight excluding hydrogens is 581 g/mol. The Morgan fingerprint density at radius 2 is 1.83 bits per heavy atom. The minimum atomic E-state index is -4.75. The largest absolute Gasteiger partial charge is 0.491 e. The van der Waals surface area contributed by atoms with Gasteiger partial charge in [0.05, 0.1) is 40.6 Å². The highest BCUT2D eigenvalue weighted by molar-refractivity contribution is 9.09. The minimum absolute atomic E-state index is 0.0338. The number of hydrogen-bond acceptors (Lipinski definition) is 5. The second-order valence-electron chi connectivity index (χ2n) is 7.86. The summed E-state index contributed by atoms with van der Waals surface area (Å²) >= 11 is 15.3. The molecular formula is C24H19BrClF3N4O2S. The highest BCUT2D eigenvalue weighted by Gasteiger charge is 2.59. The zero-order valence-corrected chi connectivity index (χ0v) is 22.1. The average molecular weight is 600 g/mol. The molecule has 1 saturated heterocycles. The fourth-order valence-corrected chi connectivity index (χ4v) is 4.97. The number of nitriles is 2. The number of carbonyl (C=O) groups is 1. The summed E-state index contributed by atoms with van der Waals surface area (Å²) in [5.41, 5.74) is -2.10. The summed E-state index contributed by atoms with van der Waals surface area (Å²) in [6, 6.07) is 11.5. The predicted molar refractivity (Wildman–Crippen MR) is 137 cm³/mol. The maximum atomic E-state index is 13.5. The number of hydrogen-bond donors (Lipinski definition) is 0. The molecule has 0 atom stereocenters. The summed E-state index contributed by atoms with van der Waals surface area (Å²) in [6.45, 7) is 1.84. The van der Waals surface area contributed by atoms with Crippen LogP contribution in [0.4, 0.5) is 24.5 Å². The first kappa shape index (κ1) is 27.7. The molecule has 1 heterocycles. The first-order valence-corrected chi connectivity index (χ1v) is 12.6. The Morgan fingerprint density at radius 1 is 1.19 bits per heavy atom. The fourth-order valence-electron chi connectivity index (χ4n) is 4.11. The van der Waals surface area contributed by atoms with Gasteiger partial charge in [-0.05, 0) is 67.9 Å². The van der Waals surface area contributed by atoms with Gasteiger partial charge >= 0.3 is 6.18 Å². The van der Waals surface area contributed by atoms with E-state index in [1.165, 1.54) is 13.0 Å². The third-order valence-electron chi connectivity index (χ3n) is 5.79.